The van der Waals surface area contributed by atoms with E-state index in [1.165, 1.54) is 11.6 Å². The van der Waals surface area contributed by atoms with E-state index in [4.69, 9.17) is 19.9 Å². The first kappa shape index (κ1) is 35.6. The van der Waals surface area contributed by atoms with Gasteiger partial charge in [-0.25, -0.2) is 9.59 Å². The highest BCUT2D eigenvalue weighted by Gasteiger charge is 2.36. The Kier molecular flexibility index (Phi) is 14.4. The Hall–Kier alpha value is -3.88. The summed E-state index contributed by atoms with van der Waals surface area (Å²) in [7, 11) is 0. The average molecular weight is 619 g/mol. The molecule has 1 aromatic rings. The summed E-state index contributed by atoms with van der Waals surface area (Å²) in [5.74, 6) is -0.197. The number of cyclic esters (lactones) is 1. The third-order valence-corrected chi connectivity index (χ3v) is 8.02. The summed E-state index contributed by atoms with van der Waals surface area (Å²) in [6.07, 6.45) is 19.8. The lowest BCUT2D eigenvalue weighted by molar-refractivity contribution is -0.141. The van der Waals surface area contributed by atoms with Gasteiger partial charge in [-0.3, -0.25) is 0 Å². The molecule has 7 atom stereocenters. The molecule has 1 fully saturated rings. The minimum atomic E-state index is -0.519. The summed E-state index contributed by atoms with van der Waals surface area (Å²) in [5.41, 5.74) is 9.56. The van der Waals surface area contributed by atoms with E-state index >= 15 is 0 Å². The van der Waals surface area contributed by atoms with Gasteiger partial charge in [0.1, 0.15) is 12.7 Å². The number of benzene rings is 1. The summed E-state index contributed by atoms with van der Waals surface area (Å²) in [6.45, 7) is 10.7. The number of carbonyl (C=O) groups excluding carboxylic acids is 2. The molecule has 3 rings (SSSR count). The Bertz CT molecular complexity index is 1290. The Morgan fingerprint density at radius 1 is 1.22 bits per heavy atom. The molecule has 4 N–H and O–H groups in total. The fourth-order valence-corrected chi connectivity index (χ4v) is 5.49. The van der Waals surface area contributed by atoms with Gasteiger partial charge >= 0.3 is 12.1 Å². The van der Waals surface area contributed by atoms with E-state index in [1.807, 2.05) is 75.4 Å². The molecule has 1 aromatic carbocycles. The molecule has 0 spiro atoms. The molecule has 8 nitrogen and oxygen atoms in total. The van der Waals surface area contributed by atoms with Crippen LogP contribution in [0.5, 0.6) is 0 Å². The van der Waals surface area contributed by atoms with Gasteiger partial charge in [-0.1, -0.05) is 85.7 Å². The summed E-state index contributed by atoms with van der Waals surface area (Å²) in [4.78, 5) is 24.0. The molecule has 0 saturated carbocycles. The highest BCUT2D eigenvalue weighted by molar-refractivity contribution is 5.82. The second-order valence-electron chi connectivity index (χ2n) is 12.2. The molecule has 0 aliphatic carbocycles. The third kappa shape index (κ3) is 12.6. The molecule has 2 aliphatic rings. The van der Waals surface area contributed by atoms with Crippen LogP contribution in [0.3, 0.4) is 0 Å². The van der Waals surface area contributed by atoms with Crippen LogP contribution in [0.1, 0.15) is 59.4 Å². The number of anilines is 1. The Labute approximate surface area is 268 Å². The van der Waals surface area contributed by atoms with Gasteiger partial charge in [0, 0.05) is 43.0 Å². The Morgan fingerprint density at radius 2 is 1.98 bits per heavy atom. The van der Waals surface area contributed by atoms with Gasteiger partial charge in [-0.15, -0.1) is 0 Å². The zero-order valence-corrected chi connectivity index (χ0v) is 27.2. The van der Waals surface area contributed by atoms with Crippen molar-refractivity contribution in [3.05, 3.63) is 102 Å². The van der Waals surface area contributed by atoms with Crippen molar-refractivity contribution in [2.75, 3.05) is 12.3 Å². The van der Waals surface area contributed by atoms with Crippen LogP contribution in [0.2, 0.25) is 0 Å². The lowest BCUT2D eigenvalue weighted by Crippen LogP contribution is -2.46. The van der Waals surface area contributed by atoms with Crippen molar-refractivity contribution in [2.45, 2.75) is 84.9 Å². The number of esters is 1. The molecule has 244 valence electrons. The molecule has 0 radical (unpaired) electrons. The molecule has 8 heteroatoms. The number of hydrogen-bond donors (Lipinski definition) is 3. The zero-order valence-electron chi connectivity index (χ0n) is 27.2. The van der Waals surface area contributed by atoms with Crippen LogP contribution in [0.25, 0.3) is 0 Å². The molecule has 0 bridgehead atoms. The number of nitrogens with one attached hydrogen (secondary N) is 1. The van der Waals surface area contributed by atoms with E-state index in [-0.39, 0.29) is 42.7 Å². The molecule has 1 amide bonds. The van der Waals surface area contributed by atoms with Gasteiger partial charge in [0.15, 0.2) is 0 Å². The number of allylic oxidation sites excluding steroid dienone is 7. The van der Waals surface area contributed by atoms with Gasteiger partial charge in [-0.05, 0) is 56.9 Å². The highest BCUT2D eigenvalue weighted by atomic mass is 16.6. The third-order valence-electron chi connectivity index (χ3n) is 8.02. The van der Waals surface area contributed by atoms with Crippen LogP contribution in [0.15, 0.2) is 96.2 Å². The predicted octanol–water partition coefficient (Wildman–Crippen LogP) is 6.74. The number of aliphatic hydroxyl groups excluding tert-OH is 1. The number of aliphatic hydroxyl groups is 1. The number of hydrogen-bond acceptors (Lipinski definition) is 7. The molecular formula is C37H50N2O6. The van der Waals surface area contributed by atoms with Crippen LogP contribution >= 0.6 is 0 Å². The van der Waals surface area contributed by atoms with Crippen molar-refractivity contribution >= 4 is 17.7 Å². The van der Waals surface area contributed by atoms with Crippen LogP contribution in [-0.2, 0) is 25.6 Å². The first-order chi connectivity index (χ1) is 21.5. The maximum atomic E-state index is 12.6. The first-order valence-electron chi connectivity index (χ1n) is 15.8. The maximum Gasteiger partial charge on any atom is 0.407 e. The number of amides is 1. The van der Waals surface area contributed by atoms with E-state index in [9.17, 15) is 14.7 Å². The van der Waals surface area contributed by atoms with Crippen LogP contribution < -0.4 is 11.1 Å². The quantitative estimate of drug-likeness (QED) is 0.0969. The van der Waals surface area contributed by atoms with E-state index in [2.05, 4.69) is 31.3 Å². The second-order valence-corrected chi connectivity index (χ2v) is 12.2. The lowest BCUT2D eigenvalue weighted by Gasteiger charge is -2.39. The van der Waals surface area contributed by atoms with Gasteiger partial charge in [-0.2, -0.15) is 0 Å². The largest absolute Gasteiger partial charge is 0.455 e. The summed E-state index contributed by atoms with van der Waals surface area (Å²) in [6, 6.07) is 7.19. The summed E-state index contributed by atoms with van der Waals surface area (Å²) >= 11 is 0. The minimum absolute atomic E-state index is 0.0237. The second kappa shape index (κ2) is 18.2. The van der Waals surface area contributed by atoms with Crippen LogP contribution in [-0.4, -0.2) is 48.1 Å². The van der Waals surface area contributed by atoms with Crippen molar-refractivity contribution in [2.24, 2.45) is 17.8 Å². The fourth-order valence-electron chi connectivity index (χ4n) is 5.49. The minimum Gasteiger partial charge on any atom is -0.455 e. The van der Waals surface area contributed by atoms with Gasteiger partial charge in [0.25, 0.3) is 0 Å². The van der Waals surface area contributed by atoms with E-state index < -0.39 is 12.2 Å². The van der Waals surface area contributed by atoms with Crippen molar-refractivity contribution in [1.82, 2.24) is 5.32 Å². The smallest absolute Gasteiger partial charge is 0.407 e. The standard InChI is InChI=1S/C37H50N2O6/c1-6-9-34-28(5)33(40)22-35(45-34)30(23-39-37(42)43-24-29-15-17-31(38)18-16-29)11-7-10-25(2)20-27(4)21-26(3)14-19-32-12-8-13-36(41)44-32/h6-11,13-19,21,27-28,30,32-35,40H,12,20,22-24,38H2,1-5H3,(H,39,42)/b9-6+,11-7+,19-14+,25-10+,26-21-/t27-,28+,30+,32-,33-,34+,35+/m1/s1. The van der Waals surface area contributed by atoms with E-state index in [0.717, 1.165) is 17.6 Å². The number of alkyl carbamates (subject to hydrolysis) is 1. The number of rotatable bonds is 13. The Morgan fingerprint density at radius 3 is 2.69 bits per heavy atom. The molecule has 2 heterocycles. The summed E-state index contributed by atoms with van der Waals surface area (Å²) in [5, 5.41) is 13.7. The number of carbonyl (C=O) groups is 2. The van der Waals surface area contributed by atoms with Crippen LogP contribution in [0, 0.1) is 17.8 Å². The average Bonchev–Trinajstić information content (AvgIpc) is 2.99. The van der Waals surface area contributed by atoms with E-state index in [1.54, 1.807) is 12.1 Å². The van der Waals surface area contributed by atoms with Crippen molar-refractivity contribution in [3.8, 4) is 0 Å². The van der Waals surface area contributed by atoms with E-state index in [0.29, 0.717) is 31.0 Å². The molecule has 0 aromatic heterocycles. The SMILES string of the molecule is C/C=C/[C@@H]1O[C@H]([C@@H](/C=C/C=C(\C)C[C@@H](C)/C=C(C)\C=C\[C@H]2CC=CC(=O)O2)CNC(=O)OCc2ccc(N)cc2)C[C@@H](O)[C@@H]1C. The first-order valence-corrected chi connectivity index (χ1v) is 15.8. The summed E-state index contributed by atoms with van der Waals surface area (Å²) < 4.78 is 17.1. The molecular weight excluding hydrogens is 568 g/mol. The van der Waals surface area contributed by atoms with Gasteiger partial charge < -0.3 is 30.4 Å². The number of ether oxygens (including phenoxy) is 3. The molecule has 1 saturated heterocycles. The molecule has 2 aliphatic heterocycles. The molecule has 45 heavy (non-hydrogen) atoms. The highest BCUT2D eigenvalue weighted by Crippen LogP contribution is 2.30. The fraction of sp³-hybridized carbons (Fsp3) is 0.459. The number of nitrogens with two attached hydrogens (primary N) is 1. The zero-order chi connectivity index (χ0) is 32.8. The van der Waals surface area contributed by atoms with Crippen molar-refractivity contribution in [1.29, 1.82) is 0 Å². The van der Waals surface area contributed by atoms with Crippen molar-refractivity contribution < 1.29 is 28.9 Å². The number of nitrogen functional groups attached to an aromatic ring is 1. The van der Waals surface area contributed by atoms with Crippen LogP contribution in [0.4, 0.5) is 10.5 Å². The normalized spacial score (nSPS) is 25.9. The maximum absolute atomic E-state index is 12.6. The molecule has 0 unspecified atom stereocenters. The topological polar surface area (TPSA) is 120 Å². The monoisotopic (exact) mass is 618 g/mol. The van der Waals surface area contributed by atoms with Gasteiger partial charge in [0.05, 0.1) is 18.3 Å². The lowest BCUT2D eigenvalue weighted by atomic mass is 9.85. The van der Waals surface area contributed by atoms with Crippen molar-refractivity contribution in [3.63, 3.8) is 0 Å². The predicted molar refractivity (Wildman–Crippen MR) is 179 cm³/mol. The Balaban J connectivity index is 1.61. The van der Waals surface area contributed by atoms with Gasteiger partial charge in [0.2, 0.25) is 0 Å².